The van der Waals surface area contributed by atoms with Gasteiger partial charge in [-0.25, -0.2) is 4.39 Å². The average Bonchev–Trinajstić information content (AvgIpc) is 3.59. The molecule has 0 bridgehead atoms. The predicted octanol–water partition coefficient (Wildman–Crippen LogP) is 11.7. The van der Waals surface area contributed by atoms with E-state index in [4.69, 9.17) is 4.74 Å². The Morgan fingerprint density at radius 1 is 0.831 bits per heavy atom. The van der Waals surface area contributed by atoms with Crippen molar-refractivity contribution in [1.29, 1.82) is 0 Å². The summed E-state index contributed by atoms with van der Waals surface area (Å²) in [4.78, 5) is 13.5. The second kappa shape index (κ2) is 15.2. The zero-order valence-electron chi connectivity index (χ0n) is 37.9. The number of ketones is 1. The van der Waals surface area contributed by atoms with E-state index in [9.17, 15) is 19.4 Å². The van der Waals surface area contributed by atoms with Gasteiger partial charge < -0.3 is 20.3 Å². The van der Waals surface area contributed by atoms with E-state index >= 15 is 0 Å². The molecule has 0 amide bonds. The molecule has 326 valence electrons. The Labute approximate surface area is 356 Å². The summed E-state index contributed by atoms with van der Waals surface area (Å²) in [6.45, 7) is 22.0. The summed E-state index contributed by atoms with van der Waals surface area (Å²) in [5.41, 5.74) is 2.63. The van der Waals surface area contributed by atoms with E-state index in [0.29, 0.717) is 73.9 Å². The predicted molar refractivity (Wildman–Crippen MR) is 237 cm³/mol. The van der Waals surface area contributed by atoms with Gasteiger partial charge in [-0.05, 0) is 204 Å². The molecule has 7 aliphatic rings. The topological polar surface area (TPSA) is 78.8 Å². The maximum Gasteiger partial charge on any atom is 0.179 e. The summed E-state index contributed by atoms with van der Waals surface area (Å²) in [7, 11) is 0. The monoisotopic (exact) mass is 812 g/mol. The Hall–Kier alpha value is -2.28. The minimum Gasteiger partial charge on any atom is -0.486 e. The van der Waals surface area contributed by atoms with E-state index in [1.54, 1.807) is 0 Å². The van der Waals surface area contributed by atoms with Crippen molar-refractivity contribution in [2.45, 2.75) is 174 Å². The molecular formula is C53H78FNO4. The van der Waals surface area contributed by atoms with Gasteiger partial charge in [-0.15, -0.1) is 0 Å². The second-order valence-corrected chi connectivity index (χ2v) is 23.2. The summed E-state index contributed by atoms with van der Waals surface area (Å²) < 4.78 is 20.6. The minimum absolute atomic E-state index is 0.00555. The van der Waals surface area contributed by atoms with Crippen molar-refractivity contribution < 1.29 is 24.1 Å². The second-order valence-electron chi connectivity index (χ2n) is 23.2. The van der Waals surface area contributed by atoms with Gasteiger partial charge in [0.25, 0.3) is 0 Å². The van der Waals surface area contributed by atoms with Gasteiger partial charge in [0.2, 0.25) is 0 Å². The number of Topliss-reactive ketones (excluding diaryl/α,β-unsaturated/α-hetero) is 1. The van der Waals surface area contributed by atoms with E-state index in [-0.39, 0.29) is 39.6 Å². The molecular weight excluding hydrogens is 734 g/mol. The van der Waals surface area contributed by atoms with Crippen LogP contribution in [0.4, 0.5) is 4.39 Å². The number of rotatable bonds is 11. The zero-order chi connectivity index (χ0) is 42.3. The molecule has 8 rings (SSSR count). The van der Waals surface area contributed by atoms with Crippen molar-refractivity contribution in [1.82, 2.24) is 5.32 Å². The first-order valence-corrected chi connectivity index (χ1v) is 23.8. The Morgan fingerprint density at radius 2 is 1.56 bits per heavy atom. The van der Waals surface area contributed by atoms with Crippen LogP contribution in [-0.2, 0) is 4.79 Å². The maximum atomic E-state index is 14.8. The van der Waals surface area contributed by atoms with Crippen LogP contribution >= 0.6 is 0 Å². The Balaban J connectivity index is 0.997. The van der Waals surface area contributed by atoms with Crippen LogP contribution < -0.4 is 10.1 Å². The standard InChI is InChI=1S/C53H78FNO4/c1-36(2)39-18-25-53(55-33-32-52(58)29-26-47(5,57)27-30-52)31-28-49(7)41(45(39)53)14-15-43-48(6)21-19-40(46(3,4)42(48)20-22-50(43,49)8)37-16-23-51(35-54,24-17-37)44(56)34-59-38-12-10-9-11-13-38/h9-13,16,19,39,41-43,45,55,57-58H,1,14-15,17-18,20-35H2,2-8H3/t39-,41+,42-,43+,45+,47-,48-,49+,50+,51+,52-,53-/m0/s1. The molecule has 1 aromatic rings. The Bertz CT molecular complexity index is 1820. The molecule has 0 heterocycles. The molecule has 0 saturated heterocycles. The molecule has 6 heteroatoms. The van der Waals surface area contributed by atoms with Crippen molar-refractivity contribution in [3.8, 4) is 5.75 Å². The number of benzene rings is 1. The third kappa shape index (κ3) is 7.08. The number of halogens is 1. The summed E-state index contributed by atoms with van der Waals surface area (Å²) in [5.74, 6) is 3.49. The first kappa shape index (κ1) is 43.4. The summed E-state index contributed by atoms with van der Waals surface area (Å²) in [6.07, 6.45) is 21.1. The van der Waals surface area contributed by atoms with Crippen LogP contribution in [0.1, 0.15) is 158 Å². The third-order valence-electron chi connectivity index (χ3n) is 19.9. The number of allylic oxidation sites excluding steroid dienone is 5. The van der Waals surface area contributed by atoms with E-state index in [0.717, 1.165) is 25.8 Å². The lowest BCUT2D eigenvalue weighted by atomic mass is 9.33. The van der Waals surface area contributed by atoms with Crippen LogP contribution in [0.2, 0.25) is 0 Å². The SMILES string of the molecule is C=C(C)[C@@H]1CC[C@]2(NCC[C@]3(O)CC[C@](C)(O)CC3)CC[C@]3(C)[C@H](CC[C@@H]4[C@@]5(C)CC=C(C6=CC[C@@](CF)(C(=O)COc7ccccc7)CC6)C(C)(C)[C@@H]5CC[C@]43C)[C@@H]12. The fourth-order valence-corrected chi connectivity index (χ4v) is 16.1. The molecule has 5 fully saturated rings. The number of hydrogen-bond donors (Lipinski definition) is 3. The first-order valence-electron chi connectivity index (χ1n) is 23.8. The molecule has 5 saturated carbocycles. The molecule has 59 heavy (non-hydrogen) atoms. The minimum atomic E-state index is -0.998. The molecule has 7 aliphatic carbocycles. The number of aliphatic hydroxyl groups is 2. The van der Waals surface area contributed by atoms with Crippen molar-refractivity contribution in [3.05, 3.63) is 65.8 Å². The van der Waals surface area contributed by atoms with Crippen molar-refractivity contribution >= 4 is 5.78 Å². The lowest BCUT2D eigenvalue weighted by Crippen LogP contribution is -2.68. The zero-order valence-corrected chi connectivity index (χ0v) is 37.9. The van der Waals surface area contributed by atoms with Crippen LogP contribution in [0.3, 0.4) is 0 Å². The Kier molecular flexibility index (Phi) is 11.2. The number of ether oxygens (including phenoxy) is 1. The number of fused-ring (bicyclic) bond motifs is 7. The van der Waals surface area contributed by atoms with Gasteiger partial charge in [-0.1, -0.05) is 77.1 Å². The van der Waals surface area contributed by atoms with Crippen LogP contribution in [0.5, 0.6) is 5.75 Å². The highest BCUT2D eigenvalue weighted by molar-refractivity contribution is 5.87. The van der Waals surface area contributed by atoms with Gasteiger partial charge in [0, 0.05) is 5.54 Å². The van der Waals surface area contributed by atoms with Crippen molar-refractivity contribution in [2.75, 3.05) is 19.8 Å². The average molecular weight is 812 g/mol. The molecule has 3 N–H and O–H groups in total. The molecule has 0 radical (unpaired) electrons. The molecule has 0 unspecified atom stereocenters. The molecule has 0 aromatic heterocycles. The first-order chi connectivity index (χ1) is 27.8. The van der Waals surface area contributed by atoms with Gasteiger partial charge in [0.1, 0.15) is 19.0 Å². The summed E-state index contributed by atoms with van der Waals surface area (Å²) >= 11 is 0. The van der Waals surface area contributed by atoms with Crippen LogP contribution in [0.15, 0.2) is 65.8 Å². The smallest absolute Gasteiger partial charge is 0.179 e. The lowest BCUT2D eigenvalue weighted by Gasteiger charge is -2.72. The Morgan fingerprint density at radius 3 is 2.22 bits per heavy atom. The van der Waals surface area contributed by atoms with Crippen molar-refractivity contribution in [3.63, 3.8) is 0 Å². The fraction of sp³-hybridized carbons (Fsp3) is 0.755. The van der Waals surface area contributed by atoms with Gasteiger partial charge in [-0.2, -0.15) is 0 Å². The quantitative estimate of drug-likeness (QED) is 0.194. The maximum absolute atomic E-state index is 14.8. The van der Waals surface area contributed by atoms with Crippen LogP contribution in [0, 0.1) is 56.7 Å². The largest absolute Gasteiger partial charge is 0.486 e. The lowest BCUT2D eigenvalue weighted by molar-refractivity contribution is -0.221. The number of hydrogen-bond acceptors (Lipinski definition) is 5. The highest BCUT2D eigenvalue weighted by Crippen LogP contribution is 2.76. The molecule has 1 aromatic carbocycles. The summed E-state index contributed by atoms with van der Waals surface area (Å²) in [5, 5.41) is 26.3. The van der Waals surface area contributed by atoms with Gasteiger partial charge in [0.15, 0.2) is 5.78 Å². The number of para-hydroxylation sites is 1. The molecule has 5 nitrogen and oxygen atoms in total. The molecule has 0 spiro atoms. The van der Waals surface area contributed by atoms with Crippen LogP contribution in [-0.4, -0.2) is 52.6 Å². The van der Waals surface area contributed by atoms with Gasteiger partial charge in [-0.3, -0.25) is 4.79 Å². The fourth-order valence-electron chi connectivity index (χ4n) is 16.1. The number of nitrogens with one attached hydrogen (secondary N) is 1. The highest BCUT2D eigenvalue weighted by Gasteiger charge is 2.70. The van der Waals surface area contributed by atoms with Crippen molar-refractivity contribution in [2.24, 2.45) is 56.7 Å². The number of carbonyl (C=O) groups excluding carboxylic acids is 1. The number of alkyl halides is 1. The van der Waals surface area contributed by atoms with E-state index in [1.807, 2.05) is 37.3 Å². The normalized spacial score (nSPS) is 45.2. The highest BCUT2D eigenvalue weighted by atomic mass is 19.1. The van der Waals surface area contributed by atoms with E-state index in [2.05, 4.69) is 65.6 Å². The van der Waals surface area contributed by atoms with E-state index in [1.165, 1.54) is 68.1 Å². The summed E-state index contributed by atoms with van der Waals surface area (Å²) in [6, 6.07) is 9.37. The van der Waals surface area contributed by atoms with Gasteiger partial charge in [0.05, 0.1) is 16.6 Å². The van der Waals surface area contributed by atoms with Crippen LogP contribution in [0.25, 0.3) is 0 Å². The molecule has 0 aliphatic heterocycles. The third-order valence-corrected chi connectivity index (χ3v) is 19.9. The van der Waals surface area contributed by atoms with Gasteiger partial charge >= 0.3 is 0 Å². The van der Waals surface area contributed by atoms with E-state index < -0.39 is 23.3 Å². The number of carbonyl (C=O) groups is 1. The molecule has 10 atom stereocenters.